The molecule has 40 heavy (non-hydrogen) atoms. The van der Waals surface area contributed by atoms with Crippen LogP contribution < -0.4 is 0 Å². The highest BCUT2D eigenvalue weighted by atomic mass is 35.5. The summed E-state index contributed by atoms with van der Waals surface area (Å²) in [6.07, 6.45) is 2.49. The SMILES string of the molecule is Cc1cc(Cl)c(CCN(CC2CCCCC2)C(=O)c2cnn([C@H]3CC[C@](C)(C(=O)O)CC3)c2C(F)(F)F)c(Cl)c1. The molecule has 0 atom stereocenters. The van der Waals surface area contributed by atoms with Crippen LogP contribution in [0.15, 0.2) is 18.3 Å². The summed E-state index contributed by atoms with van der Waals surface area (Å²) >= 11 is 12.9. The van der Waals surface area contributed by atoms with Gasteiger partial charge in [-0.1, -0.05) is 42.5 Å². The number of rotatable bonds is 8. The van der Waals surface area contributed by atoms with Crippen molar-refractivity contribution in [2.24, 2.45) is 11.3 Å². The average molecular weight is 603 g/mol. The molecule has 1 amide bonds. The number of carbonyl (C=O) groups is 2. The third kappa shape index (κ3) is 6.78. The van der Waals surface area contributed by atoms with E-state index in [0.29, 0.717) is 28.6 Å². The molecule has 2 aliphatic rings. The molecule has 2 aromatic rings. The molecule has 11 heteroatoms. The summed E-state index contributed by atoms with van der Waals surface area (Å²) < 4.78 is 44.4. The monoisotopic (exact) mass is 601 g/mol. The van der Waals surface area contributed by atoms with Gasteiger partial charge in [-0.05, 0) is 88.0 Å². The predicted molar refractivity (Wildman–Crippen MR) is 148 cm³/mol. The summed E-state index contributed by atoms with van der Waals surface area (Å²) in [6.45, 7) is 4.00. The van der Waals surface area contributed by atoms with Gasteiger partial charge in [-0.25, -0.2) is 0 Å². The molecule has 0 radical (unpaired) electrons. The van der Waals surface area contributed by atoms with Crippen molar-refractivity contribution in [1.29, 1.82) is 0 Å². The largest absolute Gasteiger partial charge is 0.481 e. The first-order valence-electron chi connectivity index (χ1n) is 13.9. The van der Waals surface area contributed by atoms with E-state index in [-0.39, 0.29) is 38.1 Å². The molecule has 4 rings (SSSR count). The van der Waals surface area contributed by atoms with Gasteiger partial charge in [0, 0.05) is 23.1 Å². The summed E-state index contributed by atoms with van der Waals surface area (Å²) in [5.74, 6) is -1.46. The summed E-state index contributed by atoms with van der Waals surface area (Å²) in [5.41, 5.74) is -0.971. The number of benzene rings is 1. The Hall–Kier alpha value is -2.26. The standard InChI is InChI=1S/C29H36Cl2F3N3O3/c1-18-14-23(30)21(24(31)15-18)10-13-36(17-19-6-4-3-5-7-19)26(38)22-16-35-37(25(22)29(32,33)34)20-8-11-28(2,12-9-20)27(39)40/h14-16,19-20H,3-13,17H2,1-2H3,(H,39,40)/t20-,28-. The van der Waals surface area contributed by atoms with Crippen molar-refractivity contribution in [2.75, 3.05) is 13.1 Å². The van der Waals surface area contributed by atoms with Crippen LogP contribution in [0.4, 0.5) is 13.2 Å². The lowest BCUT2D eigenvalue weighted by Gasteiger charge is -2.34. The molecule has 0 unspecified atom stereocenters. The maximum absolute atomic E-state index is 14.5. The van der Waals surface area contributed by atoms with Crippen LogP contribution >= 0.6 is 23.2 Å². The molecular formula is C29H36Cl2F3N3O3. The van der Waals surface area contributed by atoms with Crippen molar-refractivity contribution in [3.63, 3.8) is 0 Å². The van der Waals surface area contributed by atoms with Gasteiger partial charge in [-0.15, -0.1) is 0 Å². The van der Waals surface area contributed by atoms with Gasteiger partial charge in [0.25, 0.3) is 5.91 Å². The average Bonchev–Trinajstić information content (AvgIpc) is 3.34. The van der Waals surface area contributed by atoms with Gasteiger partial charge in [-0.2, -0.15) is 18.3 Å². The van der Waals surface area contributed by atoms with Gasteiger partial charge in [0.2, 0.25) is 0 Å². The number of aryl methyl sites for hydroxylation is 1. The Bertz CT molecular complexity index is 1210. The van der Waals surface area contributed by atoms with E-state index in [1.54, 1.807) is 19.1 Å². The van der Waals surface area contributed by atoms with Crippen LogP contribution in [-0.4, -0.2) is 44.8 Å². The number of hydrogen-bond donors (Lipinski definition) is 1. The fourth-order valence-corrected chi connectivity index (χ4v) is 6.90. The first kappa shape index (κ1) is 30.7. The van der Waals surface area contributed by atoms with Crippen molar-refractivity contribution in [1.82, 2.24) is 14.7 Å². The second-order valence-corrected chi connectivity index (χ2v) is 12.5. The topological polar surface area (TPSA) is 75.4 Å². The summed E-state index contributed by atoms with van der Waals surface area (Å²) in [4.78, 5) is 27.0. The van der Waals surface area contributed by atoms with Crippen LogP contribution in [0.25, 0.3) is 0 Å². The van der Waals surface area contributed by atoms with E-state index in [0.717, 1.165) is 48.5 Å². The maximum Gasteiger partial charge on any atom is 0.433 e. The van der Waals surface area contributed by atoms with Crippen molar-refractivity contribution < 1.29 is 27.9 Å². The van der Waals surface area contributed by atoms with Crippen molar-refractivity contribution >= 4 is 35.1 Å². The Kier molecular flexibility index (Phi) is 9.45. The number of amides is 1. The minimum absolute atomic E-state index is 0.167. The van der Waals surface area contributed by atoms with E-state index in [2.05, 4.69) is 5.10 Å². The number of nitrogens with zero attached hydrogens (tertiary/aromatic N) is 3. The summed E-state index contributed by atoms with van der Waals surface area (Å²) in [6, 6.07) is 2.92. The first-order chi connectivity index (χ1) is 18.8. The van der Waals surface area contributed by atoms with Gasteiger partial charge in [0.1, 0.15) is 0 Å². The predicted octanol–water partition coefficient (Wildman–Crippen LogP) is 7.99. The molecule has 2 saturated carbocycles. The van der Waals surface area contributed by atoms with Gasteiger partial charge < -0.3 is 10.0 Å². The molecule has 6 nitrogen and oxygen atoms in total. The van der Waals surface area contributed by atoms with Gasteiger partial charge >= 0.3 is 12.1 Å². The fourth-order valence-electron chi connectivity index (χ4n) is 6.12. The Morgan fingerprint density at radius 3 is 2.25 bits per heavy atom. The number of aromatic nitrogens is 2. The number of carboxylic acids is 1. The quantitative estimate of drug-likeness (QED) is 0.333. The second kappa shape index (κ2) is 12.3. The maximum atomic E-state index is 14.5. The van der Waals surface area contributed by atoms with E-state index in [1.165, 1.54) is 4.90 Å². The highest BCUT2D eigenvalue weighted by Gasteiger charge is 2.45. The lowest BCUT2D eigenvalue weighted by molar-refractivity contribution is -0.152. The lowest BCUT2D eigenvalue weighted by Crippen LogP contribution is -2.39. The van der Waals surface area contributed by atoms with E-state index >= 15 is 0 Å². The van der Waals surface area contributed by atoms with Crippen molar-refractivity contribution in [3.05, 3.63) is 50.8 Å². The molecule has 2 fully saturated rings. The molecule has 1 aromatic heterocycles. The zero-order chi connectivity index (χ0) is 29.2. The Labute approximate surface area is 242 Å². The number of carboxylic acid groups (broad SMARTS) is 1. The van der Waals surface area contributed by atoms with Gasteiger partial charge in [-0.3, -0.25) is 14.3 Å². The summed E-state index contributed by atoms with van der Waals surface area (Å²) in [7, 11) is 0. The minimum atomic E-state index is -4.81. The molecule has 0 saturated heterocycles. The molecule has 220 valence electrons. The van der Waals surface area contributed by atoms with Crippen LogP contribution in [0, 0.1) is 18.3 Å². The van der Waals surface area contributed by atoms with E-state index in [9.17, 15) is 27.9 Å². The van der Waals surface area contributed by atoms with Crippen molar-refractivity contribution in [3.8, 4) is 0 Å². The Morgan fingerprint density at radius 2 is 1.70 bits per heavy atom. The van der Waals surface area contributed by atoms with Gasteiger partial charge in [0.05, 0.1) is 23.2 Å². The number of hydrogen-bond acceptors (Lipinski definition) is 3. The summed E-state index contributed by atoms with van der Waals surface area (Å²) in [5, 5.41) is 14.5. The molecule has 1 aromatic carbocycles. The molecule has 1 heterocycles. The second-order valence-electron chi connectivity index (χ2n) is 11.7. The highest BCUT2D eigenvalue weighted by Crippen LogP contribution is 2.43. The molecule has 2 aliphatic carbocycles. The van der Waals surface area contributed by atoms with Crippen molar-refractivity contribution in [2.45, 2.75) is 90.3 Å². The third-order valence-corrected chi connectivity index (χ3v) is 9.30. The first-order valence-corrected chi connectivity index (χ1v) is 14.7. The third-order valence-electron chi connectivity index (χ3n) is 8.62. The molecule has 0 bridgehead atoms. The molecule has 0 spiro atoms. The molecule has 1 N–H and O–H groups in total. The van der Waals surface area contributed by atoms with E-state index < -0.39 is 40.8 Å². The van der Waals surface area contributed by atoms with Crippen LogP contribution in [0.2, 0.25) is 10.0 Å². The van der Waals surface area contributed by atoms with Crippen LogP contribution in [0.3, 0.4) is 0 Å². The fraction of sp³-hybridized carbons (Fsp3) is 0.621. The number of alkyl halides is 3. The smallest absolute Gasteiger partial charge is 0.433 e. The minimum Gasteiger partial charge on any atom is -0.481 e. The highest BCUT2D eigenvalue weighted by molar-refractivity contribution is 6.36. The van der Waals surface area contributed by atoms with Gasteiger partial charge in [0.15, 0.2) is 5.69 Å². The normalized spacial score (nSPS) is 22.3. The molecule has 0 aliphatic heterocycles. The number of halogens is 5. The lowest BCUT2D eigenvalue weighted by atomic mass is 9.74. The Balaban J connectivity index is 1.63. The van der Waals surface area contributed by atoms with Crippen LogP contribution in [0.5, 0.6) is 0 Å². The van der Waals surface area contributed by atoms with E-state index in [4.69, 9.17) is 23.2 Å². The number of aliphatic carboxylic acids is 1. The van der Waals surface area contributed by atoms with E-state index in [1.807, 2.05) is 6.92 Å². The zero-order valence-corrected chi connectivity index (χ0v) is 24.4. The van der Waals surface area contributed by atoms with Crippen LogP contribution in [-0.2, 0) is 17.4 Å². The number of carbonyl (C=O) groups excluding carboxylic acids is 1. The Morgan fingerprint density at radius 1 is 1.10 bits per heavy atom. The van der Waals surface area contributed by atoms with Crippen LogP contribution in [0.1, 0.15) is 97.9 Å². The zero-order valence-electron chi connectivity index (χ0n) is 22.9. The molecular weight excluding hydrogens is 566 g/mol.